The van der Waals surface area contributed by atoms with Crippen LogP contribution in [0.2, 0.25) is 0 Å². The fourth-order valence-corrected chi connectivity index (χ4v) is 4.91. The Hall–Kier alpha value is -0.900. The van der Waals surface area contributed by atoms with E-state index in [2.05, 4.69) is 78.9 Å². The van der Waals surface area contributed by atoms with Crippen molar-refractivity contribution in [1.82, 2.24) is 20.9 Å². The number of halogens is 1. The molecule has 1 aromatic carbocycles. The highest BCUT2D eigenvalue weighted by Gasteiger charge is 2.34. The summed E-state index contributed by atoms with van der Waals surface area (Å²) in [4.78, 5) is 7.68. The average Bonchev–Trinajstić information content (AvgIpc) is 2.80. The number of guanidine groups is 1. The molecule has 2 aliphatic rings. The zero-order valence-electron chi connectivity index (χ0n) is 21.1. The largest absolute Gasteiger partial charge is 0.381 e. The van der Waals surface area contributed by atoms with Gasteiger partial charge >= 0.3 is 0 Å². The number of ether oxygens (including phenoxy) is 1. The Morgan fingerprint density at radius 1 is 1.12 bits per heavy atom. The highest BCUT2D eigenvalue weighted by atomic mass is 127. The topological polar surface area (TPSA) is 60.9 Å². The Kier molecular flexibility index (Phi) is 12.4. The van der Waals surface area contributed by atoms with Gasteiger partial charge in [0.2, 0.25) is 0 Å². The van der Waals surface area contributed by atoms with Crippen molar-refractivity contribution in [3.05, 3.63) is 35.9 Å². The molecule has 2 heterocycles. The second-order valence-corrected chi connectivity index (χ2v) is 9.98. The van der Waals surface area contributed by atoms with E-state index in [-0.39, 0.29) is 35.6 Å². The van der Waals surface area contributed by atoms with Gasteiger partial charge in [0.15, 0.2) is 5.96 Å². The maximum absolute atomic E-state index is 5.70. The highest BCUT2D eigenvalue weighted by molar-refractivity contribution is 14.0. The van der Waals surface area contributed by atoms with Crippen LogP contribution in [0.3, 0.4) is 0 Å². The Bertz CT molecular complexity index is 685. The number of hydrogen-bond acceptors (Lipinski definition) is 4. The molecule has 6 nitrogen and oxygen atoms in total. The van der Waals surface area contributed by atoms with E-state index in [1.54, 1.807) is 0 Å². The Morgan fingerprint density at radius 3 is 2.39 bits per heavy atom. The molecule has 0 spiro atoms. The lowest BCUT2D eigenvalue weighted by molar-refractivity contribution is 0.0374. The van der Waals surface area contributed by atoms with E-state index in [4.69, 9.17) is 9.73 Å². The minimum absolute atomic E-state index is 0. The number of hydrogen-bond donors (Lipinski definition) is 3. The van der Waals surface area contributed by atoms with E-state index >= 15 is 0 Å². The SMILES string of the molecule is CCNC(=NCC1(NC(C)c2ccccc2)CCOCC1)NC1CCN(CC(C)C)CC1.I. The van der Waals surface area contributed by atoms with Gasteiger partial charge < -0.3 is 25.6 Å². The van der Waals surface area contributed by atoms with Crippen molar-refractivity contribution >= 4 is 29.9 Å². The number of rotatable bonds is 9. The molecule has 7 heteroatoms. The van der Waals surface area contributed by atoms with Gasteiger partial charge in [0, 0.05) is 57.0 Å². The van der Waals surface area contributed by atoms with E-state index in [0.29, 0.717) is 6.04 Å². The van der Waals surface area contributed by atoms with Crippen LogP contribution >= 0.6 is 24.0 Å². The number of aliphatic imine (C=N–C) groups is 1. The summed E-state index contributed by atoms with van der Waals surface area (Å²) in [6.45, 7) is 15.8. The van der Waals surface area contributed by atoms with E-state index in [0.717, 1.165) is 51.0 Å². The highest BCUT2D eigenvalue weighted by Crippen LogP contribution is 2.26. The van der Waals surface area contributed by atoms with E-state index < -0.39 is 0 Å². The van der Waals surface area contributed by atoms with Gasteiger partial charge in [-0.2, -0.15) is 0 Å². The minimum Gasteiger partial charge on any atom is -0.381 e. The van der Waals surface area contributed by atoms with Crippen molar-refractivity contribution in [3.8, 4) is 0 Å². The number of benzene rings is 1. The molecule has 188 valence electrons. The minimum atomic E-state index is -0.0313. The van der Waals surface area contributed by atoms with E-state index in [1.165, 1.54) is 38.0 Å². The molecule has 3 N–H and O–H groups in total. The van der Waals surface area contributed by atoms with Gasteiger partial charge in [-0.3, -0.25) is 4.99 Å². The van der Waals surface area contributed by atoms with Crippen molar-refractivity contribution in [1.29, 1.82) is 0 Å². The van der Waals surface area contributed by atoms with Crippen molar-refractivity contribution in [2.75, 3.05) is 45.9 Å². The quantitative estimate of drug-likeness (QED) is 0.236. The van der Waals surface area contributed by atoms with Crippen molar-refractivity contribution in [3.63, 3.8) is 0 Å². The van der Waals surface area contributed by atoms with Crippen LogP contribution in [-0.2, 0) is 4.74 Å². The number of nitrogens with one attached hydrogen (secondary N) is 3. The monoisotopic (exact) mass is 571 g/mol. The Morgan fingerprint density at radius 2 is 1.79 bits per heavy atom. The van der Waals surface area contributed by atoms with Crippen molar-refractivity contribution < 1.29 is 4.74 Å². The second kappa shape index (κ2) is 14.5. The lowest BCUT2D eigenvalue weighted by Gasteiger charge is -2.40. The molecule has 0 radical (unpaired) electrons. The summed E-state index contributed by atoms with van der Waals surface area (Å²) in [7, 11) is 0. The van der Waals surface area contributed by atoms with Crippen LogP contribution in [0.25, 0.3) is 0 Å². The summed E-state index contributed by atoms with van der Waals surface area (Å²) >= 11 is 0. The number of piperidine rings is 1. The molecular formula is C26H46IN5O. The van der Waals surface area contributed by atoms with Crippen molar-refractivity contribution in [2.45, 2.75) is 71.0 Å². The third-order valence-corrected chi connectivity index (χ3v) is 6.71. The zero-order valence-corrected chi connectivity index (χ0v) is 23.4. The van der Waals surface area contributed by atoms with Gasteiger partial charge in [-0.1, -0.05) is 44.2 Å². The van der Waals surface area contributed by atoms with Crippen LogP contribution in [0.15, 0.2) is 35.3 Å². The maximum Gasteiger partial charge on any atom is 0.191 e. The first kappa shape index (κ1) is 28.3. The molecular weight excluding hydrogens is 525 g/mol. The molecule has 0 aliphatic carbocycles. The van der Waals surface area contributed by atoms with Crippen molar-refractivity contribution in [2.24, 2.45) is 10.9 Å². The molecule has 1 atom stereocenters. The molecule has 3 rings (SSSR count). The third kappa shape index (κ3) is 9.34. The predicted molar refractivity (Wildman–Crippen MR) is 150 cm³/mol. The molecule has 1 aromatic rings. The summed E-state index contributed by atoms with van der Waals surface area (Å²) < 4.78 is 5.70. The van der Waals surface area contributed by atoms with Gasteiger partial charge in [0.25, 0.3) is 0 Å². The smallest absolute Gasteiger partial charge is 0.191 e. The van der Waals surface area contributed by atoms with Crippen LogP contribution in [0.1, 0.15) is 65.0 Å². The van der Waals surface area contributed by atoms with Crippen LogP contribution in [0.5, 0.6) is 0 Å². The normalized spacial score (nSPS) is 20.8. The molecule has 2 fully saturated rings. The molecule has 0 aromatic heterocycles. The summed E-state index contributed by atoms with van der Waals surface area (Å²) in [6.07, 6.45) is 4.33. The first-order valence-electron chi connectivity index (χ1n) is 12.7. The first-order chi connectivity index (χ1) is 15.5. The summed E-state index contributed by atoms with van der Waals surface area (Å²) in [6, 6.07) is 11.5. The molecule has 2 aliphatic heterocycles. The Labute approximate surface area is 218 Å². The Balaban J connectivity index is 0.00000385. The molecule has 0 saturated carbocycles. The summed E-state index contributed by atoms with van der Waals surface area (Å²) in [5, 5.41) is 11.1. The maximum atomic E-state index is 5.70. The van der Waals surface area contributed by atoms with Gasteiger partial charge in [-0.05, 0) is 51.0 Å². The van der Waals surface area contributed by atoms with Gasteiger partial charge in [-0.15, -0.1) is 24.0 Å². The van der Waals surface area contributed by atoms with Crippen LogP contribution in [-0.4, -0.2) is 68.4 Å². The molecule has 1 unspecified atom stereocenters. The average molecular weight is 572 g/mol. The number of likely N-dealkylation sites (tertiary alicyclic amines) is 1. The van der Waals surface area contributed by atoms with Gasteiger partial charge in [0.05, 0.1) is 6.54 Å². The second-order valence-electron chi connectivity index (χ2n) is 9.98. The van der Waals surface area contributed by atoms with Crippen LogP contribution in [0.4, 0.5) is 0 Å². The van der Waals surface area contributed by atoms with Gasteiger partial charge in [0.1, 0.15) is 0 Å². The first-order valence-corrected chi connectivity index (χ1v) is 12.7. The molecule has 0 bridgehead atoms. The fraction of sp³-hybridized carbons (Fsp3) is 0.731. The third-order valence-electron chi connectivity index (χ3n) is 6.71. The van der Waals surface area contributed by atoms with E-state index in [9.17, 15) is 0 Å². The summed E-state index contributed by atoms with van der Waals surface area (Å²) in [5.41, 5.74) is 1.29. The summed E-state index contributed by atoms with van der Waals surface area (Å²) in [5.74, 6) is 1.69. The van der Waals surface area contributed by atoms with Gasteiger partial charge in [-0.25, -0.2) is 0 Å². The molecule has 0 amide bonds. The lowest BCUT2D eigenvalue weighted by atomic mass is 9.88. The van der Waals surface area contributed by atoms with E-state index in [1.807, 2.05) is 0 Å². The molecule has 33 heavy (non-hydrogen) atoms. The standard InChI is InChI=1S/C26H45N5O.HI/c1-5-27-25(29-24-11-15-31(16-12-24)19-21(2)3)28-20-26(13-17-32-18-14-26)30-22(4)23-9-7-6-8-10-23;/h6-10,21-22,24,30H,5,11-20H2,1-4H3,(H2,27,28,29);1H. The van der Waals surface area contributed by atoms with Crippen LogP contribution in [0, 0.1) is 5.92 Å². The predicted octanol–water partition coefficient (Wildman–Crippen LogP) is 4.18. The molecule has 2 saturated heterocycles. The fourth-order valence-electron chi connectivity index (χ4n) is 4.91. The van der Waals surface area contributed by atoms with Crippen LogP contribution < -0.4 is 16.0 Å². The lowest BCUT2D eigenvalue weighted by Crippen LogP contribution is -2.54. The zero-order chi connectivity index (χ0) is 22.8. The number of nitrogens with zero attached hydrogens (tertiary/aromatic N) is 2.